The number of hydrogen-bond acceptors (Lipinski definition) is 2. The highest BCUT2D eigenvalue weighted by molar-refractivity contribution is 6.31. The largest absolute Gasteiger partial charge is 0.387 e. The van der Waals surface area contributed by atoms with Gasteiger partial charge in [0.05, 0.1) is 10.5 Å². The number of aryl methyl sites for hydroxylation is 1. The average molecular weight is 251 g/mol. The second kappa shape index (κ2) is 3.84. The van der Waals surface area contributed by atoms with Crippen LogP contribution in [0.2, 0.25) is 5.02 Å². The summed E-state index contributed by atoms with van der Waals surface area (Å²) in [6.07, 6.45) is 3.12. The highest BCUT2D eigenvalue weighted by atomic mass is 35.5. The Morgan fingerprint density at radius 1 is 1.35 bits per heavy atom. The third-order valence-corrected chi connectivity index (χ3v) is 3.59. The number of hydrogen-bond donors (Lipinski definition) is 1. The molecule has 1 N–H and O–H groups in total. The van der Waals surface area contributed by atoms with Gasteiger partial charge in [0.2, 0.25) is 0 Å². The Kier molecular flexibility index (Phi) is 2.44. The van der Waals surface area contributed by atoms with Crippen molar-refractivity contribution in [1.82, 2.24) is 4.98 Å². The molecule has 0 radical (unpaired) electrons. The molecule has 0 unspecified atom stereocenters. The monoisotopic (exact) mass is 250 g/mol. The van der Waals surface area contributed by atoms with E-state index < -0.39 is 5.82 Å². The van der Waals surface area contributed by atoms with Crippen molar-refractivity contribution in [2.75, 3.05) is 12.4 Å². The summed E-state index contributed by atoms with van der Waals surface area (Å²) in [5.41, 5.74) is 4.06. The number of halogens is 2. The van der Waals surface area contributed by atoms with Gasteiger partial charge in [-0.25, -0.2) is 4.39 Å². The van der Waals surface area contributed by atoms with Gasteiger partial charge in [-0.15, -0.1) is 0 Å². The number of nitrogens with one attached hydrogen (secondary N) is 1. The molecule has 1 aromatic carbocycles. The molecule has 0 saturated carbocycles. The van der Waals surface area contributed by atoms with Crippen LogP contribution in [0.1, 0.15) is 17.7 Å². The van der Waals surface area contributed by atoms with Gasteiger partial charge in [-0.3, -0.25) is 4.98 Å². The summed E-state index contributed by atoms with van der Waals surface area (Å²) >= 11 is 5.84. The molecule has 1 aliphatic carbocycles. The highest BCUT2D eigenvalue weighted by Crippen LogP contribution is 2.35. The van der Waals surface area contributed by atoms with Crippen molar-refractivity contribution in [2.24, 2.45) is 0 Å². The molecule has 2 nitrogen and oxygen atoms in total. The fourth-order valence-electron chi connectivity index (χ4n) is 2.54. The third-order valence-electron chi connectivity index (χ3n) is 3.30. The van der Waals surface area contributed by atoms with Gasteiger partial charge in [-0.05, 0) is 30.9 Å². The molecule has 3 rings (SSSR count). The lowest BCUT2D eigenvalue weighted by Gasteiger charge is -2.12. The molecule has 1 heterocycles. The predicted octanol–water partition coefficient (Wildman–Crippen LogP) is 3.56. The highest BCUT2D eigenvalue weighted by Gasteiger charge is 2.19. The van der Waals surface area contributed by atoms with Crippen molar-refractivity contribution in [3.63, 3.8) is 0 Å². The fourth-order valence-corrected chi connectivity index (χ4v) is 2.71. The predicted molar refractivity (Wildman–Crippen MR) is 68.3 cm³/mol. The van der Waals surface area contributed by atoms with Gasteiger partial charge in [0, 0.05) is 29.9 Å². The molecule has 0 saturated heterocycles. The maximum absolute atomic E-state index is 13.4. The van der Waals surface area contributed by atoms with Crippen molar-refractivity contribution < 1.29 is 4.39 Å². The third kappa shape index (κ3) is 1.57. The van der Waals surface area contributed by atoms with Crippen molar-refractivity contribution in [1.29, 1.82) is 0 Å². The van der Waals surface area contributed by atoms with Gasteiger partial charge < -0.3 is 5.32 Å². The Balaban J connectivity index is 2.41. The molecule has 0 bridgehead atoms. The molecule has 0 atom stereocenters. The van der Waals surface area contributed by atoms with Gasteiger partial charge in [-0.1, -0.05) is 11.6 Å². The zero-order valence-corrected chi connectivity index (χ0v) is 10.2. The number of anilines is 1. The van der Waals surface area contributed by atoms with Crippen LogP contribution in [-0.2, 0) is 12.8 Å². The summed E-state index contributed by atoms with van der Waals surface area (Å²) in [6, 6.07) is 3.07. The summed E-state index contributed by atoms with van der Waals surface area (Å²) in [7, 11) is 1.88. The van der Waals surface area contributed by atoms with Crippen LogP contribution in [0.25, 0.3) is 10.9 Å². The van der Waals surface area contributed by atoms with Crippen LogP contribution in [0.4, 0.5) is 10.1 Å². The Morgan fingerprint density at radius 3 is 2.94 bits per heavy atom. The zero-order chi connectivity index (χ0) is 12.0. The van der Waals surface area contributed by atoms with Gasteiger partial charge in [-0.2, -0.15) is 0 Å². The van der Waals surface area contributed by atoms with Crippen molar-refractivity contribution in [2.45, 2.75) is 19.3 Å². The lowest BCUT2D eigenvalue weighted by Crippen LogP contribution is -1.99. The summed E-state index contributed by atoms with van der Waals surface area (Å²) in [5.74, 6) is -0.410. The Labute approximate surface area is 104 Å². The molecule has 0 spiro atoms. The average Bonchev–Trinajstić information content (AvgIpc) is 2.75. The van der Waals surface area contributed by atoms with Crippen LogP contribution in [0.3, 0.4) is 0 Å². The molecule has 4 heteroatoms. The second-order valence-corrected chi connectivity index (χ2v) is 4.71. The Hall–Kier alpha value is -1.35. The lowest BCUT2D eigenvalue weighted by molar-refractivity contribution is 0.630. The first-order valence-electron chi connectivity index (χ1n) is 5.69. The van der Waals surface area contributed by atoms with Crippen molar-refractivity contribution in [3.8, 4) is 0 Å². The van der Waals surface area contributed by atoms with Crippen LogP contribution >= 0.6 is 11.6 Å². The molecular weight excluding hydrogens is 239 g/mol. The molecular formula is C13H12ClFN2. The summed E-state index contributed by atoms with van der Waals surface area (Å²) in [4.78, 5) is 4.53. The normalized spacial score (nSPS) is 14.1. The molecule has 0 amide bonds. The summed E-state index contributed by atoms with van der Waals surface area (Å²) in [6.45, 7) is 0. The number of rotatable bonds is 1. The first kappa shape index (κ1) is 10.8. The van der Waals surface area contributed by atoms with E-state index in [1.54, 1.807) is 6.07 Å². The molecule has 0 fully saturated rings. The van der Waals surface area contributed by atoms with E-state index in [4.69, 9.17) is 11.6 Å². The quantitative estimate of drug-likeness (QED) is 0.837. The lowest BCUT2D eigenvalue weighted by atomic mass is 10.1. The molecule has 88 valence electrons. The van der Waals surface area contributed by atoms with Gasteiger partial charge in [0.15, 0.2) is 0 Å². The number of fused-ring (bicyclic) bond motifs is 2. The van der Waals surface area contributed by atoms with Gasteiger partial charge >= 0.3 is 0 Å². The van der Waals surface area contributed by atoms with E-state index in [0.29, 0.717) is 5.52 Å². The first-order chi connectivity index (χ1) is 8.20. The maximum Gasteiger partial charge on any atom is 0.143 e. The van der Waals surface area contributed by atoms with Gasteiger partial charge in [0.25, 0.3) is 0 Å². The second-order valence-electron chi connectivity index (χ2n) is 4.30. The van der Waals surface area contributed by atoms with E-state index in [9.17, 15) is 4.39 Å². The number of aromatic nitrogens is 1. The summed E-state index contributed by atoms with van der Waals surface area (Å²) < 4.78 is 13.4. The molecule has 0 aliphatic heterocycles. The van der Waals surface area contributed by atoms with Crippen LogP contribution in [-0.4, -0.2) is 12.0 Å². The maximum atomic E-state index is 13.4. The topological polar surface area (TPSA) is 24.9 Å². The van der Waals surface area contributed by atoms with Crippen LogP contribution in [0.15, 0.2) is 12.1 Å². The SMILES string of the molecule is CNc1c2c(nc3cc(F)c(Cl)cc13)CCC2. The van der Waals surface area contributed by atoms with Crippen LogP contribution in [0.5, 0.6) is 0 Å². The molecule has 17 heavy (non-hydrogen) atoms. The number of benzene rings is 1. The van der Waals surface area contributed by atoms with E-state index in [1.165, 1.54) is 11.6 Å². The molecule has 2 aromatic rings. The smallest absolute Gasteiger partial charge is 0.143 e. The Bertz CT molecular complexity index is 610. The Morgan fingerprint density at radius 2 is 2.18 bits per heavy atom. The number of pyridine rings is 1. The zero-order valence-electron chi connectivity index (χ0n) is 9.48. The standard InChI is InChI=1S/C13H12ClFN2/c1-16-13-7-3-2-4-11(7)17-12-6-10(15)9(14)5-8(12)13/h5-6H,2-4H2,1H3,(H,16,17). The summed E-state index contributed by atoms with van der Waals surface area (Å²) in [5, 5.41) is 4.25. The molecule has 1 aromatic heterocycles. The molecule has 1 aliphatic rings. The van der Waals surface area contributed by atoms with E-state index in [0.717, 1.165) is 36.0 Å². The van der Waals surface area contributed by atoms with Crippen LogP contribution in [0, 0.1) is 5.82 Å². The van der Waals surface area contributed by atoms with E-state index in [2.05, 4.69) is 10.3 Å². The minimum Gasteiger partial charge on any atom is -0.387 e. The van der Waals surface area contributed by atoms with Crippen molar-refractivity contribution in [3.05, 3.63) is 34.2 Å². The fraction of sp³-hybridized carbons (Fsp3) is 0.308. The first-order valence-corrected chi connectivity index (χ1v) is 6.06. The van der Waals surface area contributed by atoms with E-state index >= 15 is 0 Å². The number of nitrogens with zero attached hydrogens (tertiary/aromatic N) is 1. The van der Waals surface area contributed by atoms with E-state index in [-0.39, 0.29) is 5.02 Å². The minimum absolute atomic E-state index is 0.147. The van der Waals surface area contributed by atoms with Crippen molar-refractivity contribution >= 4 is 28.2 Å². The minimum atomic E-state index is -0.410. The van der Waals surface area contributed by atoms with Gasteiger partial charge in [0.1, 0.15) is 5.82 Å². The van der Waals surface area contributed by atoms with Crippen LogP contribution < -0.4 is 5.32 Å². The van der Waals surface area contributed by atoms with E-state index in [1.807, 2.05) is 7.05 Å².